The molecule has 0 unspecified atom stereocenters. The fraction of sp³-hybridized carbons (Fsp3) is 0.318. The molecule has 0 atom stereocenters. The molecule has 1 amide bonds. The summed E-state index contributed by atoms with van der Waals surface area (Å²) in [6.07, 6.45) is 4.37. The molecule has 0 fully saturated rings. The smallest absolute Gasteiger partial charge is 0.257 e. The first-order valence-electron chi connectivity index (χ1n) is 9.83. The van der Waals surface area contributed by atoms with Crippen LogP contribution in [0.1, 0.15) is 49.0 Å². The predicted octanol–water partition coefficient (Wildman–Crippen LogP) is 5.55. The quantitative estimate of drug-likeness (QED) is 0.461. The molecule has 0 bridgehead atoms. The Bertz CT molecular complexity index is 983. The third-order valence-corrected chi connectivity index (χ3v) is 5.45. The van der Waals surface area contributed by atoms with Crippen molar-refractivity contribution in [2.45, 2.75) is 39.5 Å². The van der Waals surface area contributed by atoms with Crippen molar-refractivity contribution in [1.29, 1.82) is 0 Å². The number of carbonyl (C=O) groups is 1. The molecular weight excluding hydrogens is 402 g/mol. The molecule has 0 saturated heterocycles. The third kappa shape index (κ3) is 5.98. The van der Waals surface area contributed by atoms with Gasteiger partial charge in [0.2, 0.25) is 0 Å². The Hall–Kier alpha value is -2.51. The summed E-state index contributed by atoms with van der Waals surface area (Å²) in [4.78, 5) is 16.9. The van der Waals surface area contributed by atoms with Crippen LogP contribution in [0, 0.1) is 0 Å². The molecule has 3 aromatic rings. The monoisotopic (exact) mass is 427 g/mol. The lowest BCUT2D eigenvalue weighted by atomic mass is 10.1. The lowest BCUT2D eigenvalue weighted by Crippen LogP contribution is -2.34. The van der Waals surface area contributed by atoms with E-state index in [1.165, 1.54) is 29.7 Å². The number of thiocarbonyl (C=S) groups is 1. The maximum atomic E-state index is 12.4. The summed E-state index contributed by atoms with van der Waals surface area (Å²) in [5.41, 5.74) is 2.76. The number of nitrogens with one attached hydrogen (secondary N) is 2. The van der Waals surface area contributed by atoms with Gasteiger partial charge in [-0.05, 0) is 73.4 Å². The average molecular weight is 428 g/mol. The van der Waals surface area contributed by atoms with Gasteiger partial charge in [0.25, 0.3) is 5.91 Å². The highest BCUT2D eigenvalue weighted by Gasteiger charge is 2.11. The molecule has 2 aromatic carbocycles. The van der Waals surface area contributed by atoms with E-state index in [9.17, 15) is 4.79 Å². The zero-order valence-electron chi connectivity index (χ0n) is 16.7. The number of amides is 1. The van der Waals surface area contributed by atoms with E-state index in [1.807, 2.05) is 13.0 Å². The Kier molecular flexibility index (Phi) is 7.55. The van der Waals surface area contributed by atoms with E-state index >= 15 is 0 Å². The van der Waals surface area contributed by atoms with Crippen LogP contribution >= 0.6 is 23.6 Å². The van der Waals surface area contributed by atoms with Crippen LogP contribution in [0.15, 0.2) is 42.5 Å². The van der Waals surface area contributed by atoms with Gasteiger partial charge in [-0.15, -0.1) is 0 Å². The summed E-state index contributed by atoms with van der Waals surface area (Å²) in [6.45, 7) is 4.89. The number of hydrogen-bond acceptors (Lipinski definition) is 5. The van der Waals surface area contributed by atoms with Gasteiger partial charge in [-0.2, -0.15) is 0 Å². The second-order valence-electron chi connectivity index (χ2n) is 6.71. The van der Waals surface area contributed by atoms with Gasteiger partial charge in [0.05, 0.1) is 16.8 Å². The molecule has 152 valence electrons. The number of nitrogens with zero attached hydrogens (tertiary/aromatic N) is 1. The number of ether oxygens (including phenoxy) is 1. The number of aryl methyl sites for hydroxylation is 1. The molecule has 2 N–H and O–H groups in total. The molecule has 5 nitrogen and oxygen atoms in total. The highest BCUT2D eigenvalue weighted by Crippen LogP contribution is 2.27. The van der Waals surface area contributed by atoms with E-state index in [1.54, 1.807) is 24.3 Å². The van der Waals surface area contributed by atoms with E-state index < -0.39 is 0 Å². The lowest BCUT2D eigenvalue weighted by molar-refractivity contribution is 0.0977. The Balaban J connectivity index is 1.58. The molecule has 1 aromatic heterocycles. The van der Waals surface area contributed by atoms with Crippen molar-refractivity contribution in [2.75, 3.05) is 11.9 Å². The van der Waals surface area contributed by atoms with Gasteiger partial charge in [0, 0.05) is 5.56 Å². The van der Waals surface area contributed by atoms with E-state index in [0.29, 0.717) is 17.3 Å². The number of thiazole rings is 1. The maximum Gasteiger partial charge on any atom is 0.257 e. The van der Waals surface area contributed by atoms with E-state index in [-0.39, 0.29) is 11.0 Å². The van der Waals surface area contributed by atoms with Crippen LogP contribution in [0.3, 0.4) is 0 Å². The Labute approximate surface area is 180 Å². The van der Waals surface area contributed by atoms with Crippen molar-refractivity contribution in [2.24, 2.45) is 0 Å². The highest BCUT2D eigenvalue weighted by atomic mass is 32.1. The Morgan fingerprint density at radius 3 is 2.66 bits per heavy atom. The first-order valence-corrected chi connectivity index (χ1v) is 11.1. The van der Waals surface area contributed by atoms with E-state index in [2.05, 4.69) is 34.7 Å². The molecule has 7 heteroatoms. The highest BCUT2D eigenvalue weighted by molar-refractivity contribution is 7.80. The van der Waals surface area contributed by atoms with Crippen LogP contribution in [0.2, 0.25) is 0 Å². The third-order valence-electron chi connectivity index (χ3n) is 4.31. The van der Waals surface area contributed by atoms with Crippen molar-refractivity contribution in [3.8, 4) is 5.75 Å². The molecule has 0 radical (unpaired) electrons. The Morgan fingerprint density at radius 1 is 1.14 bits per heavy atom. The van der Waals surface area contributed by atoms with Crippen LogP contribution < -0.4 is 15.4 Å². The van der Waals surface area contributed by atoms with E-state index in [0.717, 1.165) is 28.8 Å². The van der Waals surface area contributed by atoms with E-state index in [4.69, 9.17) is 17.0 Å². The van der Waals surface area contributed by atoms with Crippen molar-refractivity contribution in [3.05, 3.63) is 53.6 Å². The second kappa shape index (κ2) is 10.3. The summed E-state index contributed by atoms with van der Waals surface area (Å²) >= 11 is 6.81. The van der Waals surface area contributed by atoms with Crippen LogP contribution in [0.4, 0.5) is 5.13 Å². The van der Waals surface area contributed by atoms with Crippen LogP contribution in [0.25, 0.3) is 10.2 Å². The summed E-state index contributed by atoms with van der Waals surface area (Å²) in [5, 5.41) is 6.61. The van der Waals surface area contributed by atoms with Crippen LogP contribution in [-0.4, -0.2) is 22.6 Å². The van der Waals surface area contributed by atoms with Gasteiger partial charge < -0.3 is 10.1 Å². The summed E-state index contributed by atoms with van der Waals surface area (Å²) < 4.78 is 6.64. The molecule has 0 spiro atoms. The summed E-state index contributed by atoms with van der Waals surface area (Å²) in [6, 6.07) is 13.3. The normalized spacial score (nSPS) is 10.7. The SMILES string of the molecule is CCCCc1ccc2nc(NC(=S)NC(=O)c3ccc(OCCC)cc3)sc2c1. The number of benzene rings is 2. The molecule has 29 heavy (non-hydrogen) atoms. The fourth-order valence-corrected chi connectivity index (χ4v) is 3.97. The minimum atomic E-state index is -0.271. The standard InChI is InChI=1S/C22H25N3O2S2/c1-3-5-6-15-7-12-18-19(14-15)29-22(23-18)25-21(28)24-20(26)16-8-10-17(11-9-16)27-13-4-2/h7-12,14H,3-6,13H2,1-2H3,(H2,23,24,25,26,28). The number of fused-ring (bicyclic) bond motifs is 1. The predicted molar refractivity (Wildman–Crippen MR) is 124 cm³/mol. The van der Waals surface area contributed by atoms with Crippen molar-refractivity contribution in [3.63, 3.8) is 0 Å². The maximum absolute atomic E-state index is 12.4. The molecule has 3 rings (SSSR count). The first-order chi connectivity index (χ1) is 14.1. The second-order valence-corrected chi connectivity index (χ2v) is 8.14. The fourth-order valence-electron chi connectivity index (χ4n) is 2.79. The first kappa shape index (κ1) is 21.2. The zero-order chi connectivity index (χ0) is 20.6. The molecule has 0 aliphatic heterocycles. The Morgan fingerprint density at radius 2 is 1.93 bits per heavy atom. The number of carbonyl (C=O) groups excluding carboxylic acids is 1. The van der Waals surface area contributed by atoms with Gasteiger partial charge in [0.1, 0.15) is 5.75 Å². The van der Waals surface area contributed by atoms with Gasteiger partial charge in [-0.25, -0.2) is 4.98 Å². The average Bonchev–Trinajstić information content (AvgIpc) is 3.12. The van der Waals surface area contributed by atoms with Crippen molar-refractivity contribution < 1.29 is 9.53 Å². The number of rotatable bonds is 8. The summed E-state index contributed by atoms with van der Waals surface area (Å²) in [5.74, 6) is 0.476. The van der Waals surface area contributed by atoms with Crippen molar-refractivity contribution in [1.82, 2.24) is 10.3 Å². The molecule has 0 aliphatic carbocycles. The number of anilines is 1. The molecule has 0 saturated carbocycles. The van der Waals surface area contributed by atoms with Crippen LogP contribution in [-0.2, 0) is 6.42 Å². The van der Waals surface area contributed by atoms with Gasteiger partial charge >= 0.3 is 0 Å². The van der Waals surface area contributed by atoms with Gasteiger partial charge in [0.15, 0.2) is 10.2 Å². The largest absolute Gasteiger partial charge is 0.494 e. The molecular formula is C22H25N3O2S2. The van der Waals surface area contributed by atoms with Gasteiger partial charge in [-0.3, -0.25) is 10.1 Å². The number of hydrogen-bond donors (Lipinski definition) is 2. The minimum Gasteiger partial charge on any atom is -0.494 e. The number of unbranched alkanes of at least 4 members (excludes halogenated alkanes) is 1. The summed E-state index contributed by atoms with van der Waals surface area (Å²) in [7, 11) is 0. The minimum absolute atomic E-state index is 0.228. The van der Waals surface area contributed by atoms with Crippen molar-refractivity contribution >= 4 is 49.9 Å². The van der Waals surface area contributed by atoms with Gasteiger partial charge in [-0.1, -0.05) is 37.7 Å². The molecule has 1 heterocycles. The topological polar surface area (TPSA) is 63.2 Å². The molecule has 0 aliphatic rings. The zero-order valence-corrected chi connectivity index (χ0v) is 18.3. The van der Waals surface area contributed by atoms with Crippen LogP contribution in [0.5, 0.6) is 5.75 Å². The lowest BCUT2D eigenvalue weighted by Gasteiger charge is -2.08. The number of aromatic nitrogens is 1.